The summed E-state index contributed by atoms with van der Waals surface area (Å²) in [5, 5.41) is 0. The number of nitrogens with zero attached hydrogens (tertiary/aromatic N) is 2. The molecule has 0 spiro atoms. The van der Waals surface area contributed by atoms with E-state index >= 15 is 0 Å². The smallest absolute Gasteiger partial charge is 0.345 e. The van der Waals surface area contributed by atoms with Gasteiger partial charge in [-0.3, -0.25) is 0 Å². The lowest BCUT2D eigenvalue weighted by molar-refractivity contribution is -0.144. The number of aromatic amines is 2. The van der Waals surface area contributed by atoms with Gasteiger partial charge in [0, 0.05) is 0 Å². The molecule has 4 rings (SSSR count). The molecular formula is C17H15F3N4. The van der Waals surface area contributed by atoms with Crippen LogP contribution in [-0.2, 0) is 12.6 Å². The van der Waals surface area contributed by atoms with E-state index in [1.54, 1.807) is 24.5 Å². The Labute approximate surface area is 135 Å². The van der Waals surface area contributed by atoms with Crippen LogP contribution in [0.5, 0.6) is 0 Å². The first kappa shape index (κ1) is 16.0. The average molecular weight is 332 g/mol. The van der Waals surface area contributed by atoms with Gasteiger partial charge in [0.2, 0.25) is 5.82 Å². The first-order valence-electron chi connectivity index (χ1n) is 7.41. The van der Waals surface area contributed by atoms with E-state index in [0.717, 1.165) is 17.5 Å². The number of alkyl halides is 3. The number of imidazole rings is 2. The van der Waals surface area contributed by atoms with Gasteiger partial charge in [-0.25, -0.2) is 9.97 Å². The number of rotatable bonds is 1. The molecule has 0 aliphatic heterocycles. The number of H-pyrrole nitrogens is 2. The van der Waals surface area contributed by atoms with Crippen molar-refractivity contribution < 1.29 is 13.2 Å². The molecular weight excluding hydrogens is 317 g/mol. The first-order chi connectivity index (χ1) is 11.5. The van der Waals surface area contributed by atoms with E-state index in [1.165, 1.54) is 11.6 Å². The van der Waals surface area contributed by atoms with Crippen LogP contribution in [-0.4, -0.2) is 19.9 Å². The second kappa shape index (κ2) is 6.35. The number of aryl methyl sites for hydroxylation is 1. The molecule has 2 aromatic heterocycles. The number of nitrogens with one attached hydrogen (secondary N) is 2. The highest BCUT2D eigenvalue weighted by Crippen LogP contribution is 2.28. The summed E-state index contributed by atoms with van der Waals surface area (Å²) in [4.78, 5) is 12.8. The van der Waals surface area contributed by atoms with Gasteiger partial charge in [0.05, 0.1) is 28.4 Å². The number of fused-ring (bicyclic) bond motifs is 2. The summed E-state index contributed by atoms with van der Waals surface area (Å²) in [5.41, 5.74) is 4.25. The van der Waals surface area contributed by atoms with Crippen molar-refractivity contribution in [2.45, 2.75) is 19.5 Å². The molecule has 0 aliphatic rings. The fourth-order valence-electron chi connectivity index (χ4n) is 2.29. The van der Waals surface area contributed by atoms with E-state index in [2.05, 4.69) is 39.0 Å². The Hall–Kier alpha value is -2.83. The first-order valence-corrected chi connectivity index (χ1v) is 7.41. The zero-order chi connectivity index (χ0) is 17.2. The third-order valence-electron chi connectivity index (χ3n) is 3.55. The van der Waals surface area contributed by atoms with Crippen molar-refractivity contribution in [3.05, 3.63) is 60.2 Å². The number of benzene rings is 2. The lowest BCUT2D eigenvalue weighted by atomic mass is 10.1. The summed E-state index contributed by atoms with van der Waals surface area (Å²) in [5.74, 6) is -0.950. The van der Waals surface area contributed by atoms with Crippen molar-refractivity contribution >= 4 is 22.1 Å². The topological polar surface area (TPSA) is 57.4 Å². The Kier molecular flexibility index (Phi) is 4.24. The molecule has 0 saturated carbocycles. The van der Waals surface area contributed by atoms with E-state index < -0.39 is 12.0 Å². The van der Waals surface area contributed by atoms with E-state index in [-0.39, 0.29) is 0 Å². The number of hydrogen-bond donors (Lipinski definition) is 2. The minimum atomic E-state index is -4.40. The van der Waals surface area contributed by atoms with Crippen LogP contribution < -0.4 is 0 Å². The molecule has 7 heteroatoms. The number of para-hydroxylation sites is 2. The van der Waals surface area contributed by atoms with E-state index in [1.807, 2.05) is 6.07 Å². The van der Waals surface area contributed by atoms with Crippen LogP contribution in [0.4, 0.5) is 13.2 Å². The molecule has 4 aromatic rings. The zero-order valence-corrected chi connectivity index (χ0v) is 12.9. The molecule has 2 heterocycles. The maximum atomic E-state index is 12.1. The lowest BCUT2D eigenvalue weighted by Crippen LogP contribution is -2.06. The van der Waals surface area contributed by atoms with Crippen molar-refractivity contribution in [1.29, 1.82) is 0 Å². The zero-order valence-electron chi connectivity index (χ0n) is 12.9. The SMILES string of the molecule is CCc1ccc2nc[nH]c2c1.FC(F)(F)c1nc2ccccc2[nH]1. The highest BCUT2D eigenvalue weighted by molar-refractivity contribution is 5.75. The second-order valence-electron chi connectivity index (χ2n) is 5.21. The molecule has 124 valence electrons. The van der Waals surface area contributed by atoms with Crippen LogP contribution in [0.2, 0.25) is 0 Å². The maximum absolute atomic E-state index is 12.1. The summed E-state index contributed by atoms with van der Waals surface area (Å²) in [7, 11) is 0. The summed E-state index contributed by atoms with van der Waals surface area (Å²) >= 11 is 0. The van der Waals surface area contributed by atoms with Gasteiger partial charge >= 0.3 is 6.18 Å². The molecule has 0 amide bonds. The van der Waals surface area contributed by atoms with Crippen molar-refractivity contribution in [2.24, 2.45) is 0 Å². The Morgan fingerprint density at radius 3 is 2.50 bits per heavy atom. The largest absolute Gasteiger partial charge is 0.449 e. The molecule has 0 unspecified atom stereocenters. The minimum absolute atomic E-state index is 0.329. The number of aromatic nitrogens is 4. The molecule has 0 fully saturated rings. The molecule has 24 heavy (non-hydrogen) atoms. The minimum Gasteiger partial charge on any atom is -0.345 e. The molecule has 2 aromatic carbocycles. The fourth-order valence-corrected chi connectivity index (χ4v) is 2.29. The number of hydrogen-bond acceptors (Lipinski definition) is 2. The van der Waals surface area contributed by atoms with Crippen LogP contribution in [0.1, 0.15) is 18.3 Å². The van der Waals surface area contributed by atoms with Crippen molar-refractivity contribution in [3.8, 4) is 0 Å². The van der Waals surface area contributed by atoms with Gasteiger partial charge in [0.15, 0.2) is 0 Å². The third-order valence-corrected chi connectivity index (χ3v) is 3.55. The highest BCUT2D eigenvalue weighted by atomic mass is 19.4. The summed E-state index contributed by atoms with van der Waals surface area (Å²) in [6, 6.07) is 12.7. The van der Waals surface area contributed by atoms with Crippen LogP contribution in [0, 0.1) is 0 Å². The van der Waals surface area contributed by atoms with Gasteiger partial charge in [0.1, 0.15) is 0 Å². The lowest BCUT2D eigenvalue weighted by Gasteiger charge is -1.98. The normalized spacial score (nSPS) is 11.5. The van der Waals surface area contributed by atoms with E-state index in [0.29, 0.717) is 11.0 Å². The van der Waals surface area contributed by atoms with E-state index in [4.69, 9.17) is 0 Å². The van der Waals surface area contributed by atoms with Crippen LogP contribution in [0.25, 0.3) is 22.1 Å². The number of halogens is 3. The van der Waals surface area contributed by atoms with E-state index in [9.17, 15) is 13.2 Å². The van der Waals surface area contributed by atoms with Gasteiger partial charge in [-0.05, 0) is 36.2 Å². The Morgan fingerprint density at radius 1 is 1.00 bits per heavy atom. The predicted molar refractivity (Wildman–Crippen MR) is 86.6 cm³/mol. The van der Waals surface area contributed by atoms with Crippen molar-refractivity contribution in [3.63, 3.8) is 0 Å². The summed E-state index contributed by atoms with van der Waals surface area (Å²) < 4.78 is 36.4. The molecule has 2 N–H and O–H groups in total. The Morgan fingerprint density at radius 2 is 1.79 bits per heavy atom. The monoisotopic (exact) mass is 332 g/mol. The van der Waals surface area contributed by atoms with Crippen LogP contribution in [0.15, 0.2) is 48.8 Å². The van der Waals surface area contributed by atoms with Crippen LogP contribution >= 0.6 is 0 Å². The van der Waals surface area contributed by atoms with Gasteiger partial charge in [-0.15, -0.1) is 0 Å². The van der Waals surface area contributed by atoms with Gasteiger partial charge in [-0.1, -0.05) is 25.1 Å². The molecule has 0 radical (unpaired) electrons. The molecule has 0 atom stereocenters. The van der Waals surface area contributed by atoms with Gasteiger partial charge in [-0.2, -0.15) is 13.2 Å². The quantitative estimate of drug-likeness (QED) is 0.530. The highest BCUT2D eigenvalue weighted by Gasteiger charge is 2.34. The second-order valence-corrected chi connectivity index (χ2v) is 5.21. The third kappa shape index (κ3) is 3.40. The van der Waals surface area contributed by atoms with Crippen molar-refractivity contribution in [2.75, 3.05) is 0 Å². The molecule has 0 bridgehead atoms. The van der Waals surface area contributed by atoms with Gasteiger partial charge < -0.3 is 9.97 Å². The van der Waals surface area contributed by atoms with Crippen LogP contribution in [0.3, 0.4) is 0 Å². The Balaban J connectivity index is 0.000000143. The Bertz CT molecular complexity index is 920. The molecule has 0 aliphatic carbocycles. The molecule has 4 nitrogen and oxygen atoms in total. The standard InChI is InChI=1S/C9H10N2.C8H5F3N2/c1-2-7-3-4-8-9(5-7)11-6-10-8;9-8(10,11)7-12-5-3-1-2-4-6(5)13-7/h3-6H,2H2,1H3,(H,10,11);1-4H,(H,12,13). The van der Waals surface area contributed by atoms with Gasteiger partial charge in [0.25, 0.3) is 0 Å². The summed E-state index contributed by atoms with van der Waals surface area (Å²) in [6.45, 7) is 2.15. The predicted octanol–water partition coefficient (Wildman–Crippen LogP) is 4.71. The van der Waals surface area contributed by atoms with Crippen molar-refractivity contribution in [1.82, 2.24) is 19.9 Å². The average Bonchev–Trinajstić information content (AvgIpc) is 3.20. The molecule has 0 saturated heterocycles. The maximum Gasteiger partial charge on any atom is 0.449 e. The fraction of sp³-hybridized carbons (Fsp3) is 0.176. The summed E-state index contributed by atoms with van der Waals surface area (Å²) in [6.07, 6.45) is -1.60.